The van der Waals surface area contributed by atoms with Crippen LogP contribution in [0.25, 0.3) is 0 Å². The smallest absolute Gasteiger partial charge is 0.228 e. The average Bonchev–Trinajstić information content (AvgIpc) is 2.60. The van der Waals surface area contributed by atoms with Gasteiger partial charge in [0, 0.05) is 13.7 Å². The molecule has 0 aliphatic carbocycles. The number of amides is 1. The molecule has 0 aromatic heterocycles. The van der Waals surface area contributed by atoms with Gasteiger partial charge >= 0.3 is 0 Å². The van der Waals surface area contributed by atoms with Gasteiger partial charge in [0.05, 0.1) is 12.0 Å². The average molecular weight is 355 g/mol. The predicted octanol–water partition coefficient (Wildman–Crippen LogP) is 2.95. The second-order valence-corrected chi connectivity index (χ2v) is 6.52. The Balaban J connectivity index is 0.00000288. The summed E-state index contributed by atoms with van der Waals surface area (Å²) in [6.45, 7) is 3.09. The number of aryl methyl sites for hydroxylation is 1. The monoisotopic (exact) mass is 354 g/mol. The Labute approximate surface area is 152 Å². The number of unbranched alkanes of at least 4 members (excludes halogenated alkanes) is 2. The van der Waals surface area contributed by atoms with Crippen LogP contribution in [-0.4, -0.2) is 39.3 Å². The van der Waals surface area contributed by atoms with Crippen molar-refractivity contribution in [2.45, 2.75) is 38.5 Å². The van der Waals surface area contributed by atoms with Gasteiger partial charge in [-0.15, -0.1) is 12.4 Å². The first-order valence-electron chi connectivity index (χ1n) is 8.79. The van der Waals surface area contributed by atoms with Crippen LogP contribution in [0.3, 0.4) is 0 Å². The lowest BCUT2D eigenvalue weighted by molar-refractivity contribution is -0.136. The molecule has 1 aliphatic rings. The molecule has 1 amide bonds. The summed E-state index contributed by atoms with van der Waals surface area (Å²) in [7, 11) is 1.68. The number of halogens is 1. The number of methoxy groups -OCH3 is 1. The molecule has 5 heteroatoms. The molecule has 0 saturated carbocycles. The zero-order chi connectivity index (χ0) is 16.4. The molecular formula is C19H31ClN2O2. The largest absolute Gasteiger partial charge is 0.384 e. The second-order valence-electron chi connectivity index (χ2n) is 6.52. The van der Waals surface area contributed by atoms with E-state index >= 15 is 0 Å². The lowest BCUT2D eigenvalue weighted by atomic mass is 9.78. The van der Waals surface area contributed by atoms with Crippen LogP contribution in [0.2, 0.25) is 0 Å². The number of hydrogen-bond donors (Lipinski definition) is 2. The molecule has 24 heavy (non-hydrogen) atoms. The van der Waals surface area contributed by atoms with Crippen LogP contribution < -0.4 is 10.6 Å². The quantitative estimate of drug-likeness (QED) is 0.670. The molecular weight excluding hydrogens is 324 g/mol. The fraction of sp³-hybridized carbons (Fsp3) is 0.632. The van der Waals surface area contributed by atoms with E-state index in [1.54, 1.807) is 7.11 Å². The van der Waals surface area contributed by atoms with Gasteiger partial charge in [-0.2, -0.15) is 0 Å². The van der Waals surface area contributed by atoms with E-state index in [1.165, 1.54) is 12.0 Å². The Bertz CT molecular complexity index is 456. The Morgan fingerprint density at radius 3 is 2.54 bits per heavy atom. The van der Waals surface area contributed by atoms with Crippen molar-refractivity contribution in [1.29, 1.82) is 0 Å². The maximum Gasteiger partial charge on any atom is 0.228 e. The number of carbonyl (C=O) groups is 1. The number of rotatable bonds is 9. The number of hydrogen-bond acceptors (Lipinski definition) is 3. The zero-order valence-corrected chi connectivity index (χ0v) is 15.5. The van der Waals surface area contributed by atoms with E-state index in [4.69, 9.17) is 4.74 Å². The number of benzene rings is 1. The minimum Gasteiger partial charge on any atom is -0.384 e. The van der Waals surface area contributed by atoms with E-state index in [2.05, 4.69) is 41.0 Å². The third kappa shape index (κ3) is 6.42. The Morgan fingerprint density at radius 1 is 1.17 bits per heavy atom. The van der Waals surface area contributed by atoms with Crippen molar-refractivity contribution >= 4 is 18.3 Å². The third-order valence-corrected chi connectivity index (χ3v) is 4.73. The summed E-state index contributed by atoms with van der Waals surface area (Å²) in [4.78, 5) is 12.5. The number of carbonyl (C=O) groups excluding carboxylic acids is 1. The summed E-state index contributed by atoms with van der Waals surface area (Å²) in [5.41, 5.74) is 1.06. The van der Waals surface area contributed by atoms with Crippen LogP contribution in [0.5, 0.6) is 0 Å². The van der Waals surface area contributed by atoms with E-state index in [-0.39, 0.29) is 23.7 Å². The summed E-state index contributed by atoms with van der Waals surface area (Å²) in [6, 6.07) is 10.6. The minimum atomic E-state index is -0.329. The van der Waals surface area contributed by atoms with Gasteiger partial charge in [-0.05, 0) is 50.8 Å². The summed E-state index contributed by atoms with van der Waals surface area (Å²) in [5.74, 6) is 0.170. The fourth-order valence-corrected chi connectivity index (χ4v) is 3.28. The van der Waals surface area contributed by atoms with Crippen LogP contribution >= 0.6 is 12.4 Å². The van der Waals surface area contributed by atoms with Crippen LogP contribution in [0, 0.1) is 5.41 Å². The highest BCUT2D eigenvalue weighted by Gasteiger charge is 2.39. The van der Waals surface area contributed by atoms with Crippen molar-refractivity contribution in [3.8, 4) is 0 Å². The van der Waals surface area contributed by atoms with Gasteiger partial charge in [0.2, 0.25) is 5.91 Å². The minimum absolute atomic E-state index is 0. The van der Waals surface area contributed by atoms with Gasteiger partial charge in [0.15, 0.2) is 0 Å². The van der Waals surface area contributed by atoms with Crippen molar-refractivity contribution in [3.63, 3.8) is 0 Å². The second kappa shape index (κ2) is 11.5. The third-order valence-electron chi connectivity index (χ3n) is 4.73. The standard InChI is InChI=1S/C19H30N2O2.ClH/c1-23-16-19(11-14-20-15-12-19)18(22)21-13-7-3-6-10-17-8-4-2-5-9-17;/h2,4-5,8-9,20H,3,6-7,10-16H2,1H3,(H,21,22);1H. The van der Waals surface area contributed by atoms with Gasteiger partial charge in [-0.3, -0.25) is 4.79 Å². The summed E-state index contributed by atoms with van der Waals surface area (Å²) in [5, 5.41) is 6.45. The lowest BCUT2D eigenvalue weighted by Gasteiger charge is -2.35. The van der Waals surface area contributed by atoms with Crippen molar-refractivity contribution < 1.29 is 9.53 Å². The zero-order valence-electron chi connectivity index (χ0n) is 14.7. The molecule has 1 saturated heterocycles. The van der Waals surface area contributed by atoms with Gasteiger partial charge in [0.25, 0.3) is 0 Å². The molecule has 1 aromatic rings. The number of nitrogens with one attached hydrogen (secondary N) is 2. The van der Waals surface area contributed by atoms with E-state index in [0.717, 1.165) is 51.7 Å². The lowest BCUT2D eigenvalue weighted by Crippen LogP contribution is -2.50. The van der Waals surface area contributed by atoms with Crippen LogP contribution in [0.1, 0.15) is 37.7 Å². The maximum atomic E-state index is 12.5. The van der Waals surface area contributed by atoms with Gasteiger partial charge < -0.3 is 15.4 Å². The van der Waals surface area contributed by atoms with Crippen LogP contribution in [-0.2, 0) is 16.0 Å². The van der Waals surface area contributed by atoms with Crippen LogP contribution in [0.4, 0.5) is 0 Å². The Kier molecular flexibility index (Phi) is 9.99. The maximum absolute atomic E-state index is 12.5. The molecule has 1 aliphatic heterocycles. The Hall–Kier alpha value is -1.10. The first-order valence-corrected chi connectivity index (χ1v) is 8.79. The van der Waals surface area contributed by atoms with Crippen molar-refractivity contribution in [2.75, 3.05) is 33.4 Å². The topological polar surface area (TPSA) is 50.4 Å². The van der Waals surface area contributed by atoms with Crippen molar-refractivity contribution in [1.82, 2.24) is 10.6 Å². The molecule has 0 spiro atoms. The van der Waals surface area contributed by atoms with Crippen molar-refractivity contribution in [2.24, 2.45) is 5.41 Å². The van der Waals surface area contributed by atoms with Gasteiger partial charge in [-0.1, -0.05) is 36.8 Å². The van der Waals surface area contributed by atoms with Gasteiger partial charge in [0.1, 0.15) is 0 Å². The molecule has 1 fully saturated rings. The summed E-state index contributed by atoms with van der Waals surface area (Å²) in [6.07, 6.45) is 6.20. The first kappa shape index (κ1) is 20.9. The number of piperidine rings is 1. The highest BCUT2D eigenvalue weighted by atomic mass is 35.5. The molecule has 0 unspecified atom stereocenters. The van der Waals surface area contributed by atoms with E-state index in [1.807, 2.05) is 0 Å². The summed E-state index contributed by atoms with van der Waals surface area (Å²) >= 11 is 0. The molecule has 1 heterocycles. The molecule has 4 nitrogen and oxygen atoms in total. The predicted molar refractivity (Wildman–Crippen MR) is 101 cm³/mol. The van der Waals surface area contributed by atoms with Crippen LogP contribution in [0.15, 0.2) is 30.3 Å². The molecule has 2 rings (SSSR count). The highest BCUT2D eigenvalue weighted by molar-refractivity contribution is 5.85. The highest BCUT2D eigenvalue weighted by Crippen LogP contribution is 2.29. The van der Waals surface area contributed by atoms with E-state index in [9.17, 15) is 4.79 Å². The molecule has 136 valence electrons. The normalized spacial score (nSPS) is 16.2. The van der Waals surface area contributed by atoms with E-state index < -0.39 is 0 Å². The van der Waals surface area contributed by atoms with Gasteiger partial charge in [-0.25, -0.2) is 0 Å². The Morgan fingerprint density at radius 2 is 1.88 bits per heavy atom. The molecule has 2 N–H and O–H groups in total. The first-order chi connectivity index (χ1) is 11.3. The summed E-state index contributed by atoms with van der Waals surface area (Å²) < 4.78 is 5.31. The van der Waals surface area contributed by atoms with E-state index in [0.29, 0.717) is 6.61 Å². The molecule has 0 bridgehead atoms. The fourth-order valence-electron chi connectivity index (χ4n) is 3.28. The molecule has 0 radical (unpaired) electrons. The van der Waals surface area contributed by atoms with Crippen molar-refractivity contribution in [3.05, 3.63) is 35.9 Å². The molecule has 1 aromatic carbocycles. The SMILES string of the molecule is COCC1(C(=O)NCCCCCc2ccccc2)CCNCC1.Cl. The number of ether oxygens (including phenoxy) is 1. The molecule has 0 atom stereocenters.